The molecule has 1 N–H and O–H groups in total. The molecule has 0 amide bonds. The summed E-state index contributed by atoms with van der Waals surface area (Å²) in [6.45, 7) is 6.86. The molecule has 28 heavy (non-hydrogen) atoms. The fourth-order valence-electron chi connectivity index (χ4n) is 2.51. The highest BCUT2D eigenvalue weighted by Crippen LogP contribution is 2.53. The van der Waals surface area contributed by atoms with Crippen molar-refractivity contribution in [3.05, 3.63) is 53.1 Å². The lowest BCUT2D eigenvalue weighted by Gasteiger charge is -2.13. The van der Waals surface area contributed by atoms with Crippen molar-refractivity contribution in [3.8, 4) is 17.2 Å². The standard InChI is InChI=1S/C16H8F5NO5S/c1-22-8-4-7(17)5-9(6-8)26-10-2-3-11(28(24,25)15(18)19)12-13(10)27-16(20,21)14(12)23/h2-6,14-15,23H/t14-/m0/s1. The lowest BCUT2D eigenvalue weighted by Crippen LogP contribution is -2.27. The van der Waals surface area contributed by atoms with Crippen molar-refractivity contribution in [3.63, 3.8) is 0 Å². The van der Waals surface area contributed by atoms with E-state index in [1.807, 2.05) is 0 Å². The van der Waals surface area contributed by atoms with Gasteiger partial charge in [-0.3, -0.25) is 0 Å². The van der Waals surface area contributed by atoms with Gasteiger partial charge < -0.3 is 14.6 Å². The molecule has 148 valence electrons. The van der Waals surface area contributed by atoms with Gasteiger partial charge in [0.05, 0.1) is 17.0 Å². The Bertz CT molecular complexity index is 1100. The van der Waals surface area contributed by atoms with Crippen LogP contribution in [-0.2, 0) is 9.84 Å². The lowest BCUT2D eigenvalue weighted by atomic mass is 10.1. The number of nitrogens with zero attached hydrogens (tertiary/aromatic N) is 1. The van der Waals surface area contributed by atoms with E-state index in [4.69, 9.17) is 11.3 Å². The molecule has 0 radical (unpaired) electrons. The predicted molar refractivity (Wildman–Crippen MR) is 82.9 cm³/mol. The molecule has 3 rings (SSSR count). The predicted octanol–water partition coefficient (Wildman–Crippen LogP) is 4.18. The minimum atomic E-state index is -5.35. The summed E-state index contributed by atoms with van der Waals surface area (Å²) in [6, 6.07) is 4.00. The van der Waals surface area contributed by atoms with E-state index in [1.54, 1.807) is 0 Å². The molecular weight excluding hydrogens is 413 g/mol. The summed E-state index contributed by atoms with van der Waals surface area (Å²) in [5.41, 5.74) is -1.29. The third-order valence-electron chi connectivity index (χ3n) is 3.70. The van der Waals surface area contributed by atoms with Crippen molar-refractivity contribution in [2.45, 2.75) is 22.9 Å². The lowest BCUT2D eigenvalue weighted by molar-refractivity contribution is -0.224. The zero-order valence-corrected chi connectivity index (χ0v) is 14.2. The van der Waals surface area contributed by atoms with Crippen LogP contribution in [0.15, 0.2) is 35.2 Å². The van der Waals surface area contributed by atoms with Gasteiger partial charge in [0.1, 0.15) is 11.6 Å². The van der Waals surface area contributed by atoms with E-state index in [0.29, 0.717) is 6.07 Å². The maximum absolute atomic E-state index is 13.8. The number of rotatable bonds is 4. The molecule has 0 spiro atoms. The first-order valence-electron chi connectivity index (χ1n) is 7.27. The molecule has 0 saturated heterocycles. The van der Waals surface area contributed by atoms with Crippen molar-refractivity contribution in [2.75, 3.05) is 0 Å². The highest BCUT2D eigenvalue weighted by atomic mass is 32.2. The van der Waals surface area contributed by atoms with Gasteiger partial charge in [0, 0.05) is 6.07 Å². The van der Waals surface area contributed by atoms with Gasteiger partial charge in [0.25, 0.3) is 0 Å². The molecule has 0 aliphatic carbocycles. The third kappa shape index (κ3) is 3.23. The summed E-state index contributed by atoms with van der Waals surface area (Å²) >= 11 is 0. The molecule has 1 aliphatic heterocycles. The fraction of sp³-hybridized carbons (Fsp3) is 0.188. The molecule has 0 fully saturated rings. The van der Waals surface area contributed by atoms with E-state index >= 15 is 0 Å². The Labute approximate surface area is 154 Å². The van der Waals surface area contributed by atoms with Gasteiger partial charge in [-0.25, -0.2) is 17.7 Å². The highest BCUT2D eigenvalue weighted by Gasteiger charge is 2.54. The number of aliphatic hydroxyl groups excluding tert-OH is 1. The minimum Gasteiger partial charge on any atom is -0.455 e. The summed E-state index contributed by atoms with van der Waals surface area (Å²) in [5.74, 6) is -6.74. The van der Waals surface area contributed by atoms with Crippen LogP contribution in [-0.4, -0.2) is 25.4 Å². The van der Waals surface area contributed by atoms with Crippen LogP contribution in [0.25, 0.3) is 4.85 Å². The average Bonchev–Trinajstić information content (AvgIpc) is 2.85. The fourth-order valence-corrected chi connectivity index (χ4v) is 3.47. The van der Waals surface area contributed by atoms with Crippen LogP contribution in [0.4, 0.5) is 27.6 Å². The van der Waals surface area contributed by atoms with Crippen LogP contribution < -0.4 is 9.47 Å². The zero-order chi connectivity index (χ0) is 20.9. The molecule has 1 heterocycles. The summed E-state index contributed by atoms with van der Waals surface area (Å²) in [7, 11) is -5.35. The normalized spacial score (nSPS) is 17.7. The maximum atomic E-state index is 13.8. The van der Waals surface area contributed by atoms with E-state index in [-0.39, 0.29) is 11.4 Å². The molecule has 6 nitrogen and oxygen atoms in total. The number of hydrogen-bond acceptors (Lipinski definition) is 5. The number of benzene rings is 2. The number of hydrogen-bond donors (Lipinski definition) is 1. The molecule has 12 heteroatoms. The number of halogens is 5. The topological polar surface area (TPSA) is 77.2 Å². The molecule has 2 aromatic carbocycles. The monoisotopic (exact) mass is 421 g/mol. The second-order valence-corrected chi connectivity index (χ2v) is 7.42. The Kier molecular flexibility index (Phi) is 4.68. The Morgan fingerprint density at radius 1 is 1.25 bits per heavy atom. The molecule has 0 aromatic heterocycles. The van der Waals surface area contributed by atoms with Crippen molar-refractivity contribution in [2.24, 2.45) is 0 Å². The average molecular weight is 421 g/mol. The van der Waals surface area contributed by atoms with E-state index in [9.17, 15) is 35.5 Å². The van der Waals surface area contributed by atoms with E-state index in [0.717, 1.165) is 24.3 Å². The van der Waals surface area contributed by atoms with E-state index in [1.165, 1.54) is 0 Å². The number of alkyl halides is 4. The van der Waals surface area contributed by atoms with Gasteiger partial charge in [0.15, 0.2) is 23.3 Å². The van der Waals surface area contributed by atoms with Gasteiger partial charge in [-0.1, -0.05) is 0 Å². The van der Waals surface area contributed by atoms with E-state index in [2.05, 4.69) is 9.58 Å². The van der Waals surface area contributed by atoms with Crippen molar-refractivity contribution in [1.82, 2.24) is 0 Å². The second kappa shape index (κ2) is 6.61. The van der Waals surface area contributed by atoms with Crippen LogP contribution in [0.1, 0.15) is 11.7 Å². The molecule has 0 saturated carbocycles. The SMILES string of the molecule is [C-]#[N+]c1cc(F)cc(Oc2ccc(S(=O)(=O)C(F)F)c3c2OC(F)(F)[C@H]3O)c1. The van der Waals surface area contributed by atoms with E-state index < -0.39 is 55.6 Å². The summed E-state index contributed by atoms with van der Waals surface area (Å²) in [5, 5.41) is 9.71. The molecular formula is C16H8F5NO5S. The Morgan fingerprint density at radius 3 is 2.54 bits per heavy atom. The number of sulfone groups is 1. The van der Waals surface area contributed by atoms with Crippen LogP contribution >= 0.6 is 0 Å². The largest absolute Gasteiger partial charge is 0.455 e. The number of ether oxygens (including phenoxy) is 2. The third-order valence-corrected chi connectivity index (χ3v) is 5.14. The van der Waals surface area contributed by atoms with Gasteiger partial charge in [-0.15, -0.1) is 0 Å². The summed E-state index contributed by atoms with van der Waals surface area (Å²) in [4.78, 5) is 1.73. The van der Waals surface area contributed by atoms with Crippen LogP contribution in [0.2, 0.25) is 0 Å². The minimum absolute atomic E-state index is 0.185. The van der Waals surface area contributed by atoms with Crippen LogP contribution in [0.3, 0.4) is 0 Å². The molecule has 0 unspecified atom stereocenters. The van der Waals surface area contributed by atoms with Crippen molar-refractivity contribution < 1.29 is 45.0 Å². The number of fused-ring (bicyclic) bond motifs is 1. The smallest absolute Gasteiger partial charge is 0.429 e. The van der Waals surface area contributed by atoms with Gasteiger partial charge in [-0.05, 0) is 24.3 Å². The first kappa shape index (κ1) is 19.8. The maximum Gasteiger partial charge on any atom is 0.429 e. The Balaban J connectivity index is 2.17. The first-order chi connectivity index (χ1) is 13.0. The van der Waals surface area contributed by atoms with Gasteiger partial charge >= 0.3 is 11.9 Å². The molecule has 2 aromatic rings. The van der Waals surface area contributed by atoms with Gasteiger partial charge in [-0.2, -0.15) is 17.6 Å². The van der Waals surface area contributed by atoms with Crippen molar-refractivity contribution in [1.29, 1.82) is 0 Å². The molecule has 0 bridgehead atoms. The first-order valence-corrected chi connectivity index (χ1v) is 8.81. The Hall–Kier alpha value is -2.91. The van der Waals surface area contributed by atoms with Crippen LogP contribution in [0.5, 0.6) is 17.2 Å². The van der Waals surface area contributed by atoms with Crippen LogP contribution in [0, 0.1) is 12.4 Å². The molecule has 1 atom stereocenters. The molecule has 1 aliphatic rings. The summed E-state index contributed by atoms with van der Waals surface area (Å²) < 4.78 is 99.8. The Morgan fingerprint density at radius 2 is 1.93 bits per heavy atom. The zero-order valence-electron chi connectivity index (χ0n) is 13.4. The second-order valence-electron chi connectivity index (χ2n) is 5.54. The quantitative estimate of drug-likeness (QED) is 0.592. The number of aliphatic hydroxyl groups is 1. The highest BCUT2D eigenvalue weighted by molar-refractivity contribution is 7.91. The van der Waals surface area contributed by atoms with Crippen molar-refractivity contribution >= 4 is 15.5 Å². The van der Waals surface area contributed by atoms with Gasteiger partial charge in [0.2, 0.25) is 9.84 Å². The summed E-state index contributed by atoms with van der Waals surface area (Å²) in [6.07, 6.45) is -7.18.